The number of nitrogens with one attached hydrogen (secondary N) is 1. The maximum Gasteiger partial charge on any atom is 0.240 e. The van der Waals surface area contributed by atoms with E-state index in [4.69, 9.17) is 5.73 Å². The summed E-state index contributed by atoms with van der Waals surface area (Å²) in [6, 6.07) is 2.29. The molecule has 1 atom stereocenters. The van der Waals surface area contributed by atoms with Crippen LogP contribution in [0.1, 0.15) is 32.8 Å². The highest BCUT2D eigenvalue weighted by atomic mass is 32.2. The Labute approximate surface area is 114 Å². The van der Waals surface area contributed by atoms with Crippen molar-refractivity contribution in [3.63, 3.8) is 0 Å². The molecule has 1 unspecified atom stereocenters. The Bertz CT molecular complexity index is 533. The number of hydrogen-bond donors (Lipinski definition) is 2. The smallest absolute Gasteiger partial charge is 0.240 e. The molecule has 0 radical (unpaired) electrons. The Morgan fingerprint density at radius 2 is 1.95 bits per heavy atom. The van der Waals surface area contributed by atoms with Crippen molar-refractivity contribution in [3.8, 4) is 0 Å². The lowest BCUT2D eigenvalue weighted by Crippen LogP contribution is -2.38. The van der Waals surface area contributed by atoms with Crippen molar-refractivity contribution in [2.45, 2.75) is 45.1 Å². The molecular formula is C13H21FN2O2S. The second-order valence-corrected chi connectivity index (χ2v) is 6.74. The Morgan fingerprint density at radius 1 is 1.37 bits per heavy atom. The van der Waals surface area contributed by atoms with E-state index in [1.165, 1.54) is 13.0 Å². The Hall–Kier alpha value is -1.14. The summed E-state index contributed by atoms with van der Waals surface area (Å²) in [5.74, 6) is -0.395. The zero-order valence-electron chi connectivity index (χ0n) is 11.7. The zero-order chi connectivity index (χ0) is 14.8. The van der Waals surface area contributed by atoms with Gasteiger partial charge in [-0.1, -0.05) is 20.8 Å². The second kappa shape index (κ2) is 5.88. The van der Waals surface area contributed by atoms with Crippen molar-refractivity contribution in [1.29, 1.82) is 0 Å². The van der Waals surface area contributed by atoms with Gasteiger partial charge in [-0.05, 0) is 37.0 Å². The van der Waals surface area contributed by atoms with E-state index in [9.17, 15) is 12.8 Å². The van der Waals surface area contributed by atoms with Gasteiger partial charge >= 0.3 is 0 Å². The summed E-state index contributed by atoms with van der Waals surface area (Å²) >= 11 is 0. The molecule has 6 heteroatoms. The van der Waals surface area contributed by atoms with Gasteiger partial charge in [-0.3, -0.25) is 0 Å². The number of anilines is 1. The van der Waals surface area contributed by atoms with Crippen LogP contribution in [0, 0.1) is 18.7 Å². The van der Waals surface area contributed by atoms with Gasteiger partial charge in [0.2, 0.25) is 10.0 Å². The summed E-state index contributed by atoms with van der Waals surface area (Å²) in [6.07, 6.45) is 0.687. The highest BCUT2D eigenvalue weighted by Gasteiger charge is 2.22. The van der Waals surface area contributed by atoms with Crippen LogP contribution in [0.2, 0.25) is 0 Å². The molecule has 0 spiro atoms. The van der Waals surface area contributed by atoms with Crippen molar-refractivity contribution in [2.24, 2.45) is 5.92 Å². The average Bonchev–Trinajstić information content (AvgIpc) is 2.32. The van der Waals surface area contributed by atoms with E-state index >= 15 is 0 Å². The normalized spacial score (nSPS) is 13.8. The molecule has 108 valence electrons. The molecule has 0 aliphatic heterocycles. The molecule has 0 saturated carbocycles. The number of sulfonamides is 1. The summed E-state index contributed by atoms with van der Waals surface area (Å²) in [5, 5.41) is 0. The molecule has 0 amide bonds. The van der Waals surface area contributed by atoms with Gasteiger partial charge in [0.1, 0.15) is 5.82 Å². The van der Waals surface area contributed by atoms with Gasteiger partial charge in [0.15, 0.2) is 0 Å². The molecule has 19 heavy (non-hydrogen) atoms. The predicted octanol–water partition coefficient (Wildman–Crippen LogP) is 2.43. The number of aryl methyl sites for hydroxylation is 1. The minimum atomic E-state index is -3.68. The third-order valence-corrected chi connectivity index (χ3v) is 4.59. The molecule has 0 aliphatic rings. The number of rotatable bonds is 5. The quantitative estimate of drug-likeness (QED) is 0.817. The van der Waals surface area contributed by atoms with Crippen LogP contribution in [0.4, 0.5) is 10.1 Å². The van der Waals surface area contributed by atoms with Gasteiger partial charge in [0, 0.05) is 6.04 Å². The van der Waals surface area contributed by atoms with Crippen molar-refractivity contribution in [3.05, 3.63) is 23.5 Å². The molecule has 0 fully saturated rings. The molecule has 1 aromatic rings. The summed E-state index contributed by atoms with van der Waals surface area (Å²) in [6.45, 7) is 7.30. The number of hydrogen-bond acceptors (Lipinski definition) is 3. The summed E-state index contributed by atoms with van der Waals surface area (Å²) < 4.78 is 40.5. The molecule has 3 N–H and O–H groups in total. The largest absolute Gasteiger partial charge is 0.396 e. The average molecular weight is 288 g/mol. The highest BCUT2D eigenvalue weighted by molar-refractivity contribution is 7.89. The third-order valence-electron chi connectivity index (χ3n) is 3.12. The fourth-order valence-electron chi connectivity index (χ4n) is 1.88. The fourth-order valence-corrected chi connectivity index (χ4v) is 3.46. The number of nitrogens with two attached hydrogens (primary N) is 1. The molecule has 1 aromatic carbocycles. The number of nitrogen functional groups attached to an aromatic ring is 1. The maximum atomic E-state index is 13.4. The summed E-state index contributed by atoms with van der Waals surface area (Å²) in [7, 11) is -3.68. The molecule has 0 bridgehead atoms. The molecule has 0 saturated heterocycles. The lowest BCUT2D eigenvalue weighted by atomic mass is 10.0. The van der Waals surface area contributed by atoms with E-state index in [1.54, 1.807) is 0 Å². The van der Waals surface area contributed by atoms with Gasteiger partial charge in [0.25, 0.3) is 0 Å². The molecule has 1 rings (SSSR count). The lowest BCUT2D eigenvalue weighted by Gasteiger charge is -2.21. The standard InChI is InChI=1S/C13H21FN2O2S/c1-5-12(8(2)3)16-19(17,18)10-6-9(4)13(14)11(15)7-10/h6-8,12,16H,5,15H2,1-4H3. The first-order valence-corrected chi connectivity index (χ1v) is 7.75. The van der Waals surface area contributed by atoms with Crippen LogP contribution in [-0.2, 0) is 10.0 Å². The van der Waals surface area contributed by atoms with Gasteiger partial charge in [-0.25, -0.2) is 17.5 Å². The minimum Gasteiger partial charge on any atom is -0.396 e. The zero-order valence-corrected chi connectivity index (χ0v) is 12.5. The van der Waals surface area contributed by atoms with Crippen molar-refractivity contribution < 1.29 is 12.8 Å². The summed E-state index contributed by atoms with van der Waals surface area (Å²) in [5.41, 5.74) is 5.54. The van der Waals surface area contributed by atoms with Crippen LogP contribution >= 0.6 is 0 Å². The van der Waals surface area contributed by atoms with Crippen LogP contribution < -0.4 is 10.5 Å². The van der Waals surface area contributed by atoms with Crippen LogP contribution in [0.25, 0.3) is 0 Å². The highest BCUT2D eigenvalue weighted by Crippen LogP contribution is 2.21. The van der Waals surface area contributed by atoms with Crippen LogP contribution in [0.3, 0.4) is 0 Å². The SMILES string of the molecule is CCC(NS(=O)(=O)c1cc(C)c(F)c(N)c1)C(C)C. The van der Waals surface area contributed by atoms with E-state index in [-0.39, 0.29) is 28.1 Å². The van der Waals surface area contributed by atoms with Crippen molar-refractivity contribution >= 4 is 15.7 Å². The summed E-state index contributed by atoms with van der Waals surface area (Å²) in [4.78, 5) is 0.00278. The maximum absolute atomic E-state index is 13.4. The lowest BCUT2D eigenvalue weighted by molar-refractivity contribution is 0.437. The first-order chi connectivity index (χ1) is 8.69. The van der Waals surface area contributed by atoms with Crippen LogP contribution in [0.5, 0.6) is 0 Å². The number of halogens is 1. The third kappa shape index (κ3) is 3.67. The van der Waals surface area contributed by atoms with Gasteiger partial charge < -0.3 is 5.73 Å². The Morgan fingerprint density at radius 3 is 2.37 bits per heavy atom. The van der Waals surface area contributed by atoms with Gasteiger partial charge in [-0.15, -0.1) is 0 Å². The Kier molecular flexibility index (Phi) is 4.92. The first-order valence-electron chi connectivity index (χ1n) is 6.27. The van der Waals surface area contributed by atoms with E-state index in [2.05, 4.69) is 4.72 Å². The van der Waals surface area contributed by atoms with E-state index in [0.29, 0.717) is 6.42 Å². The van der Waals surface area contributed by atoms with Crippen molar-refractivity contribution in [2.75, 3.05) is 5.73 Å². The topological polar surface area (TPSA) is 72.2 Å². The van der Waals surface area contributed by atoms with Crippen LogP contribution in [-0.4, -0.2) is 14.5 Å². The van der Waals surface area contributed by atoms with Crippen LogP contribution in [0.15, 0.2) is 17.0 Å². The van der Waals surface area contributed by atoms with E-state index in [0.717, 1.165) is 6.07 Å². The minimum absolute atomic E-state index is 0.00278. The molecular weight excluding hydrogens is 267 g/mol. The monoisotopic (exact) mass is 288 g/mol. The van der Waals surface area contributed by atoms with E-state index in [1.807, 2.05) is 20.8 Å². The number of benzene rings is 1. The molecule has 4 nitrogen and oxygen atoms in total. The molecule has 0 heterocycles. The molecule has 0 aliphatic carbocycles. The molecule has 0 aromatic heterocycles. The van der Waals surface area contributed by atoms with Crippen molar-refractivity contribution in [1.82, 2.24) is 4.72 Å². The second-order valence-electron chi connectivity index (χ2n) is 5.02. The van der Waals surface area contributed by atoms with Gasteiger partial charge in [0.05, 0.1) is 10.6 Å². The first kappa shape index (κ1) is 15.9. The van der Waals surface area contributed by atoms with E-state index < -0.39 is 15.8 Å². The Balaban J connectivity index is 3.14. The fraction of sp³-hybridized carbons (Fsp3) is 0.538. The predicted molar refractivity (Wildman–Crippen MR) is 74.8 cm³/mol. The van der Waals surface area contributed by atoms with Gasteiger partial charge in [-0.2, -0.15) is 0 Å².